The normalized spacial score (nSPS) is 10.2. The van der Waals surface area contributed by atoms with Crippen LogP contribution in [0.5, 0.6) is 0 Å². The van der Waals surface area contributed by atoms with Gasteiger partial charge in [-0.05, 0) is 55.2 Å². The van der Waals surface area contributed by atoms with Crippen molar-refractivity contribution in [3.63, 3.8) is 0 Å². The number of urea groups is 1. The Morgan fingerprint density at radius 3 is 2.43 bits per heavy atom. The Morgan fingerprint density at radius 2 is 1.76 bits per heavy atom. The van der Waals surface area contributed by atoms with Gasteiger partial charge in [-0.15, -0.1) is 0 Å². The molecular weight excluding hydrogens is 267 g/mol. The first kappa shape index (κ1) is 15.0. The maximum Gasteiger partial charge on any atom is 0.319 e. The summed E-state index contributed by atoms with van der Waals surface area (Å²) >= 11 is 0. The van der Waals surface area contributed by atoms with Crippen LogP contribution in [0.15, 0.2) is 42.5 Å². The van der Waals surface area contributed by atoms with Gasteiger partial charge < -0.3 is 10.6 Å². The Kier molecular flexibility index (Phi) is 4.93. The zero-order valence-corrected chi connectivity index (χ0v) is 12.2. The second kappa shape index (κ2) is 6.88. The minimum absolute atomic E-state index is 0.242. The van der Waals surface area contributed by atoms with Gasteiger partial charge in [0.05, 0.1) is 0 Å². The van der Waals surface area contributed by atoms with Crippen molar-refractivity contribution in [2.45, 2.75) is 20.3 Å². The van der Waals surface area contributed by atoms with Crippen molar-refractivity contribution in [2.24, 2.45) is 0 Å². The van der Waals surface area contributed by atoms with Crippen LogP contribution in [0.4, 0.5) is 14.9 Å². The molecule has 0 heterocycles. The maximum absolute atomic E-state index is 13.4. The number of carbonyl (C=O) groups excluding carboxylic acids is 1. The van der Waals surface area contributed by atoms with Crippen molar-refractivity contribution in [3.05, 3.63) is 65.0 Å². The number of nitrogens with one attached hydrogen (secondary N) is 2. The summed E-state index contributed by atoms with van der Waals surface area (Å²) in [6.07, 6.45) is 0.465. The number of amides is 2. The number of hydrogen-bond donors (Lipinski definition) is 2. The largest absolute Gasteiger partial charge is 0.338 e. The van der Waals surface area contributed by atoms with Gasteiger partial charge in [0.15, 0.2) is 0 Å². The molecule has 2 rings (SSSR count). The van der Waals surface area contributed by atoms with Crippen molar-refractivity contribution in [1.82, 2.24) is 5.32 Å². The Balaban J connectivity index is 1.84. The molecule has 3 nitrogen and oxygen atoms in total. The molecule has 0 aliphatic rings. The van der Waals surface area contributed by atoms with E-state index in [1.165, 1.54) is 6.07 Å². The van der Waals surface area contributed by atoms with E-state index in [1.807, 2.05) is 32.0 Å². The third-order valence-electron chi connectivity index (χ3n) is 3.12. The molecule has 0 bridgehead atoms. The fourth-order valence-electron chi connectivity index (χ4n) is 2.23. The SMILES string of the molecule is Cc1cc(C)cc(NC(=O)NCCc2ccccc2F)c1. The van der Waals surface area contributed by atoms with E-state index in [0.29, 0.717) is 18.5 Å². The van der Waals surface area contributed by atoms with Gasteiger partial charge in [0.1, 0.15) is 5.82 Å². The third-order valence-corrected chi connectivity index (χ3v) is 3.12. The van der Waals surface area contributed by atoms with Crippen LogP contribution in [0, 0.1) is 19.7 Å². The lowest BCUT2D eigenvalue weighted by Gasteiger charge is -2.09. The molecule has 2 aromatic rings. The molecule has 2 aromatic carbocycles. The molecule has 0 unspecified atom stereocenters. The minimum Gasteiger partial charge on any atom is -0.338 e. The standard InChI is InChI=1S/C17H19FN2O/c1-12-9-13(2)11-15(10-12)20-17(21)19-8-7-14-5-3-4-6-16(14)18/h3-6,9-11H,7-8H2,1-2H3,(H2,19,20,21). The van der Waals surface area contributed by atoms with Gasteiger partial charge in [-0.2, -0.15) is 0 Å². The van der Waals surface area contributed by atoms with Gasteiger partial charge in [0, 0.05) is 12.2 Å². The molecule has 0 aliphatic heterocycles. The summed E-state index contributed by atoms with van der Waals surface area (Å²) in [4.78, 5) is 11.8. The Morgan fingerprint density at radius 1 is 1.10 bits per heavy atom. The van der Waals surface area contributed by atoms with Gasteiger partial charge in [-0.25, -0.2) is 9.18 Å². The predicted octanol–water partition coefficient (Wildman–Crippen LogP) is 3.81. The predicted molar refractivity (Wildman–Crippen MR) is 83.0 cm³/mol. The molecule has 0 saturated carbocycles. The highest BCUT2D eigenvalue weighted by Gasteiger charge is 2.04. The van der Waals surface area contributed by atoms with Gasteiger partial charge >= 0.3 is 6.03 Å². The van der Waals surface area contributed by atoms with Crippen LogP contribution in [0.3, 0.4) is 0 Å². The highest BCUT2D eigenvalue weighted by molar-refractivity contribution is 5.89. The van der Waals surface area contributed by atoms with E-state index in [2.05, 4.69) is 10.6 Å². The van der Waals surface area contributed by atoms with Crippen LogP contribution < -0.4 is 10.6 Å². The van der Waals surface area contributed by atoms with Crippen LogP contribution in [0.2, 0.25) is 0 Å². The van der Waals surface area contributed by atoms with Crippen molar-refractivity contribution >= 4 is 11.7 Å². The average molecular weight is 286 g/mol. The molecule has 2 N–H and O–H groups in total. The van der Waals surface area contributed by atoms with Crippen LogP contribution in [-0.2, 0) is 6.42 Å². The van der Waals surface area contributed by atoms with Crippen molar-refractivity contribution in [1.29, 1.82) is 0 Å². The lowest BCUT2D eigenvalue weighted by Crippen LogP contribution is -2.30. The molecule has 0 spiro atoms. The molecule has 0 radical (unpaired) electrons. The molecule has 2 amide bonds. The number of anilines is 1. The van der Waals surface area contributed by atoms with Gasteiger partial charge in [-0.1, -0.05) is 24.3 Å². The monoisotopic (exact) mass is 286 g/mol. The third kappa shape index (κ3) is 4.60. The van der Waals surface area contributed by atoms with Crippen LogP contribution in [0.25, 0.3) is 0 Å². The Labute approximate surface area is 124 Å². The molecular formula is C17H19FN2O. The molecule has 0 aliphatic carbocycles. The number of aryl methyl sites for hydroxylation is 2. The summed E-state index contributed by atoms with van der Waals surface area (Å²) in [6, 6.07) is 12.2. The van der Waals surface area contributed by atoms with Crippen molar-refractivity contribution < 1.29 is 9.18 Å². The quantitative estimate of drug-likeness (QED) is 0.881. The summed E-state index contributed by atoms with van der Waals surface area (Å²) in [6.45, 7) is 4.35. The van der Waals surface area contributed by atoms with Gasteiger partial charge in [0.2, 0.25) is 0 Å². The molecule has 4 heteroatoms. The van der Waals surface area contributed by atoms with Crippen molar-refractivity contribution in [2.75, 3.05) is 11.9 Å². The smallest absolute Gasteiger partial charge is 0.319 e. The van der Waals surface area contributed by atoms with E-state index < -0.39 is 0 Å². The summed E-state index contributed by atoms with van der Waals surface area (Å²) in [5.74, 6) is -0.242. The molecule has 0 aromatic heterocycles. The second-order valence-electron chi connectivity index (χ2n) is 5.10. The average Bonchev–Trinajstić information content (AvgIpc) is 2.39. The fourth-order valence-corrected chi connectivity index (χ4v) is 2.23. The highest BCUT2D eigenvalue weighted by Crippen LogP contribution is 2.13. The van der Waals surface area contributed by atoms with Crippen LogP contribution in [0.1, 0.15) is 16.7 Å². The summed E-state index contributed by atoms with van der Waals surface area (Å²) in [5.41, 5.74) is 3.55. The number of hydrogen-bond acceptors (Lipinski definition) is 1. The number of carbonyl (C=O) groups is 1. The maximum atomic E-state index is 13.4. The number of halogens is 1. The zero-order valence-electron chi connectivity index (χ0n) is 12.2. The Bertz CT molecular complexity index is 620. The van der Waals surface area contributed by atoms with Gasteiger partial charge in [-0.3, -0.25) is 0 Å². The summed E-state index contributed by atoms with van der Waals surface area (Å²) in [7, 11) is 0. The van der Waals surface area contributed by atoms with Gasteiger partial charge in [0.25, 0.3) is 0 Å². The summed E-state index contributed by atoms with van der Waals surface area (Å²) < 4.78 is 13.4. The molecule has 0 saturated heterocycles. The van der Waals surface area contributed by atoms with E-state index in [0.717, 1.165) is 16.8 Å². The zero-order chi connectivity index (χ0) is 15.2. The van der Waals surface area contributed by atoms with Crippen LogP contribution in [-0.4, -0.2) is 12.6 Å². The number of rotatable bonds is 4. The van der Waals surface area contributed by atoms with Crippen LogP contribution >= 0.6 is 0 Å². The Hall–Kier alpha value is -2.36. The van der Waals surface area contributed by atoms with E-state index in [9.17, 15) is 9.18 Å². The lowest BCUT2D eigenvalue weighted by molar-refractivity contribution is 0.252. The minimum atomic E-state index is -0.281. The van der Waals surface area contributed by atoms with E-state index >= 15 is 0 Å². The van der Waals surface area contributed by atoms with E-state index in [4.69, 9.17) is 0 Å². The first-order valence-electron chi connectivity index (χ1n) is 6.91. The summed E-state index contributed by atoms with van der Waals surface area (Å²) in [5, 5.41) is 5.51. The topological polar surface area (TPSA) is 41.1 Å². The fraction of sp³-hybridized carbons (Fsp3) is 0.235. The van der Waals surface area contributed by atoms with E-state index in [1.54, 1.807) is 18.2 Å². The highest BCUT2D eigenvalue weighted by atomic mass is 19.1. The first-order chi connectivity index (χ1) is 10.0. The molecule has 0 fully saturated rings. The first-order valence-corrected chi connectivity index (χ1v) is 6.91. The molecule has 110 valence electrons. The van der Waals surface area contributed by atoms with E-state index in [-0.39, 0.29) is 11.8 Å². The molecule has 0 atom stereocenters. The second-order valence-corrected chi connectivity index (χ2v) is 5.10. The van der Waals surface area contributed by atoms with Crippen molar-refractivity contribution in [3.8, 4) is 0 Å². The molecule has 21 heavy (non-hydrogen) atoms. The number of benzene rings is 2. The lowest BCUT2D eigenvalue weighted by atomic mass is 10.1.